The van der Waals surface area contributed by atoms with Crippen LogP contribution in [0.25, 0.3) is 0 Å². The molecule has 0 bridgehead atoms. The molecule has 2 aromatic rings. The average molecular weight is 363 g/mol. The summed E-state index contributed by atoms with van der Waals surface area (Å²) in [6.07, 6.45) is 0.953. The zero-order valence-corrected chi connectivity index (χ0v) is 13.2. The minimum Gasteiger partial charge on any atom is -0.263 e. The second-order valence-electron chi connectivity index (χ2n) is 4.27. The van der Waals surface area contributed by atoms with Gasteiger partial charge in [0.1, 0.15) is 10.7 Å². The van der Waals surface area contributed by atoms with Crippen LogP contribution in [0.15, 0.2) is 46.3 Å². The van der Waals surface area contributed by atoms with Gasteiger partial charge in [-0.1, -0.05) is 0 Å². The van der Waals surface area contributed by atoms with E-state index in [1.54, 1.807) is 0 Å². The maximum Gasteiger partial charge on any atom is 0.263 e. The van der Waals surface area contributed by atoms with Crippen molar-refractivity contribution >= 4 is 25.9 Å². The van der Waals surface area contributed by atoms with E-state index in [0.717, 1.165) is 24.4 Å². The highest BCUT2D eigenvalue weighted by molar-refractivity contribution is 7.92. The second-order valence-corrected chi connectivity index (χ2v) is 7.84. The zero-order chi connectivity index (χ0) is 17.3. The van der Waals surface area contributed by atoms with E-state index in [0.29, 0.717) is 12.1 Å². The molecule has 0 atom stereocenters. The van der Waals surface area contributed by atoms with Crippen LogP contribution in [0.5, 0.6) is 0 Å². The lowest BCUT2D eigenvalue weighted by atomic mass is 10.3. The maximum absolute atomic E-state index is 13.1. The van der Waals surface area contributed by atoms with Crippen molar-refractivity contribution < 1.29 is 25.6 Å². The Bertz CT molecular complexity index is 929. The summed E-state index contributed by atoms with van der Waals surface area (Å²) in [4.78, 5) is 3.01. The predicted molar refractivity (Wildman–Crippen MR) is 77.6 cm³/mol. The fourth-order valence-electron chi connectivity index (χ4n) is 1.56. The second kappa shape index (κ2) is 6.18. The molecule has 0 saturated carbocycles. The molecular weight excluding hydrogens is 352 g/mol. The van der Waals surface area contributed by atoms with E-state index in [1.807, 2.05) is 4.72 Å². The van der Waals surface area contributed by atoms with Crippen molar-refractivity contribution in [2.75, 3.05) is 11.8 Å². The predicted octanol–water partition coefficient (Wildman–Crippen LogP) is 1.07. The van der Waals surface area contributed by atoms with Gasteiger partial charge in [0.15, 0.2) is 11.6 Å². The summed E-state index contributed by atoms with van der Waals surface area (Å²) in [5.41, 5.74) is 0. The van der Waals surface area contributed by atoms with Crippen LogP contribution in [0.3, 0.4) is 0 Å². The first kappa shape index (κ1) is 17.2. The molecule has 0 saturated heterocycles. The monoisotopic (exact) mass is 363 g/mol. The van der Waals surface area contributed by atoms with Gasteiger partial charge in [0, 0.05) is 6.20 Å². The molecule has 0 spiro atoms. The number of anilines is 1. The SMILES string of the molecule is CNS(=O)(=O)c1ccc(NS(=O)(=O)c2ccc(F)c(F)c2)nc1. The number of hydrogen-bond acceptors (Lipinski definition) is 5. The van der Waals surface area contributed by atoms with Crippen LogP contribution < -0.4 is 9.44 Å². The standard InChI is InChI=1S/C12H11F2N3O4S2/c1-15-22(18,19)9-3-5-12(16-7-9)17-23(20,21)8-2-4-10(13)11(14)6-8/h2-7,15H,1H3,(H,16,17). The minimum atomic E-state index is -4.19. The Hall–Kier alpha value is -2.11. The Morgan fingerprint density at radius 3 is 2.09 bits per heavy atom. The minimum absolute atomic E-state index is 0.157. The summed E-state index contributed by atoms with van der Waals surface area (Å²) < 4.78 is 77.2. The van der Waals surface area contributed by atoms with Crippen LogP contribution in [-0.2, 0) is 20.0 Å². The lowest BCUT2D eigenvalue weighted by Gasteiger charge is -2.08. The van der Waals surface area contributed by atoms with Gasteiger partial charge >= 0.3 is 0 Å². The number of aromatic nitrogens is 1. The Labute approximate surface area is 131 Å². The summed E-state index contributed by atoms with van der Waals surface area (Å²) >= 11 is 0. The molecule has 1 aromatic carbocycles. The summed E-state index contributed by atoms with van der Waals surface area (Å²) in [5.74, 6) is -2.66. The molecule has 124 valence electrons. The van der Waals surface area contributed by atoms with E-state index < -0.39 is 36.6 Å². The van der Waals surface area contributed by atoms with Gasteiger partial charge in [-0.3, -0.25) is 4.72 Å². The van der Waals surface area contributed by atoms with E-state index in [1.165, 1.54) is 7.05 Å². The lowest BCUT2D eigenvalue weighted by molar-refractivity contribution is 0.504. The molecule has 1 aromatic heterocycles. The van der Waals surface area contributed by atoms with Gasteiger partial charge in [0.25, 0.3) is 10.0 Å². The van der Waals surface area contributed by atoms with Crippen molar-refractivity contribution in [3.8, 4) is 0 Å². The smallest absolute Gasteiger partial charge is 0.263 e. The lowest BCUT2D eigenvalue weighted by Crippen LogP contribution is -2.19. The van der Waals surface area contributed by atoms with Gasteiger partial charge in [-0.05, 0) is 37.4 Å². The molecule has 0 aliphatic rings. The van der Waals surface area contributed by atoms with E-state index in [2.05, 4.69) is 9.71 Å². The molecule has 1 heterocycles. The molecule has 2 rings (SSSR count). The van der Waals surface area contributed by atoms with E-state index in [-0.39, 0.29) is 10.7 Å². The number of sulfonamides is 2. The van der Waals surface area contributed by atoms with Crippen molar-refractivity contribution in [2.24, 2.45) is 0 Å². The van der Waals surface area contributed by atoms with Crippen LogP contribution in [0.4, 0.5) is 14.6 Å². The summed E-state index contributed by atoms with van der Waals surface area (Å²) in [6, 6.07) is 4.36. The Morgan fingerprint density at radius 1 is 0.913 bits per heavy atom. The van der Waals surface area contributed by atoms with Crippen LogP contribution in [0.1, 0.15) is 0 Å². The van der Waals surface area contributed by atoms with Crippen LogP contribution >= 0.6 is 0 Å². The van der Waals surface area contributed by atoms with Crippen molar-refractivity contribution in [3.63, 3.8) is 0 Å². The van der Waals surface area contributed by atoms with Gasteiger partial charge in [-0.15, -0.1) is 0 Å². The Balaban J connectivity index is 2.29. The van der Waals surface area contributed by atoms with E-state index in [4.69, 9.17) is 0 Å². The summed E-state index contributed by atoms with van der Waals surface area (Å²) in [7, 11) is -6.68. The average Bonchev–Trinajstić information content (AvgIpc) is 2.50. The van der Waals surface area contributed by atoms with Crippen molar-refractivity contribution in [2.45, 2.75) is 9.79 Å². The third-order valence-electron chi connectivity index (χ3n) is 2.76. The highest BCUT2D eigenvalue weighted by atomic mass is 32.2. The quantitative estimate of drug-likeness (QED) is 0.827. The number of nitrogens with zero attached hydrogens (tertiary/aromatic N) is 1. The van der Waals surface area contributed by atoms with E-state index >= 15 is 0 Å². The van der Waals surface area contributed by atoms with Gasteiger partial charge in [-0.25, -0.2) is 35.3 Å². The van der Waals surface area contributed by atoms with Crippen LogP contribution in [0, 0.1) is 11.6 Å². The number of nitrogens with one attached hydrogen (secondary N) is 2. The largest absolute Gasteiger partial charge is 0.263 e. The van der Waals surface area contributed by atoms with Crippen molar-refractivity contribution in [1.82, 2.24) is 9.71 Å². The molecule has 0 aliphatic carbocycles. The number of rotatable bonds is 5. The van der Waals surface area contributed by atoms with Gasteiger partial charge < -0.3 is 0 Å². The molecular formula is C12H11F2N3O4S2. The molecule has 23 heavy (non-hydrogen) atoms. The number of benzene rings is 1. The summed E-state index contributed by atoms with van der Waals surface area (Å²) in [6.45, 7) is 0. The molecule has 0 amide bonds. The number of pyridine rings is 1. The Kier molecular flexibility index (Phi) is 4.63. The van der Waals surface area contributed by atoms with Crippen LogP contribution in [0.2, 0.25) is 0 Å². The molecule has 7 nitrogen and oxygen atoms in total. The van der Waals surface area contributed by atoms with Crippen molar-refractivity contribution in [1.29, 1.82) is 0 Å². The molecule has 0 radical (unpaired) electrons. The summed E-state index contributed by atoms with van der Waals surface area (Å²) in [5, 5.41) is 0. The normalized spacial score (nSPS) is 12.1. The van der Waals surface area contributed by atoms with Gasteiger partial charge in [-0.2, -0.15) is 0 Å². The fraction of sp³-hybridized carbons (Fsp3) is 0.0833. The number of hydrogen-bond donors (Lipinski definition) is 2. The fourth-order valence-corrected chi connectivity index (χ4v) is 3.25. The topological polar surface area (TPSA) is 105 Å². The van der Waals surface area contributed by atoms with E-state index in [9.17, 15) is 25.6 Å². The zero-order valence-electron chi connectivity index (χ0n) is 11.6. The van der Waals surface area contributed by atoms with Gasteiger partial charge in [0.05, 0.1) is 4.90 Å². The molecule has 0 unspecified atom stereocenters. The highest BCUT2D eigenvalue weighted by Crippen LogP contribution is 2.18. The van der Waals surface area contributed by atoms with Crippen molar-refractivity contribution in [3.05, 3.63) is 48.2 Å². The third-order valence-corrected chi connectivity index (χ3v) is 5.51. The first-order valence-corrected chi connectivity index (χ1v) is 9.00. The Morgan fingerprint density at radius 2 is 1.57 bits per heavy atom. The van der Waals surface area contributed by atoms with Crippen LogP contribution in [-0.4, -0.2) is 28.9 Å². The molecule has 2 N–H and O–H groups in total. The molecule has 11 heteroatoms. The number of halogens is 2. The first-order chi connectivity index (χ1) is 10.7. The first-order valence-electron chi connectivity index (χ1n) is 6.03. The maximum atomic E-state index is 13.1. The molecule has 0 aliphatic heterocycles. The molecule has 0 fully saturated rings. The highest BCUT2D eigenvalue weighted by Gasteiger charge is 2.18. The van der Waals surface area contributed by atoms with Gasteiger partial charge in [0.2, 0.25) is 10.0 Å². The third kappa shape index (κ3) is 3.81.